The molecule has 0 bridgehead atoms. The van der Waals surface area contributed by atoms with Gasteiger partial charge in [0.05, 0.1) is 33.1 Å². The Bertz CT molecular complexity index is 4160. The maximum atomic E-state index is 14.0. The van der Waals surface area contributed by atoms with Crippen LogP contribution in [-0.2, 0) is 5.41 Å². The van der Waals surface area contributed by atoms with Crippen LogP contribution in [0.1, 0.15) is 25.0 Å². The maximum absolute atomic E-state index is 14.0. The van der Waals surface area contributed by atoms with E-state index in [9.17, 15) is 4.79 Å². The molecule has 0 unspecified atom stereocenters. The summed E-state index contributed by atoms with van der Waals surface area (Å²) in [5, 5.41) is 9.99. The fourth-order valence-electron chi connectivity index (χ4n) is 11.3. The molecule has 0 radical (unpaired) electrons. The molecule has 14 rings (SSSR count). The first-order valence-corrected chi connectivity index (χ1v) is 21.5. The Kier molecular flexibility index (Phi) is 6.48. The van der Waals surface area contributed by atoms with Gasteiger partial charge in [-0.25, -0.2) is 0 Å². The summed E-state index contributed by atoms with van der Waals surface area (Å²) in [5.74, 6) is 0. The number of fused-ring (bicyclic) bond motifs is 14. The van der Waals surface area contributed by atoms with E-state index in [0.29, 0.717) is 0 Å². The number of hydrogen-bond donors (Lipinski definition) is 0. The third-order valence-electron chi connectivity index (χ3n) is 14.2. The van der Waals surface area contributed by atoms with Crippen molar-refractivity contribution in [3.63, 3.8) is 0 Å². The van der Waals surface area contributed by atoms with E-state index >= 15 is 0 Å². The molecule has 0 N–H and O–H groups in total. The van der Waals surface area contributed by atoms with Crippen molar-refractivity contribution >= 4 is 81.6 Å². The molecule has 0 amide bonds. The van der Waals surface area contributed by atoms with Gasteiger partial charge in [0.2, 0.25) is 0 Å². The molecule has 4 aromatic heterocycles. The lowest BCUT2D eigenvalue weighted by Gasteiger charge is -2.21. The highest BCUT2D eigenvalue weighted by molar-refractivity contribution is 6.21. The lowest BCUT2D eigenvalue weighted by Crippen LogP contribution is -2.14. The lowest BCUT2D eigenvalue weighted by atomic mass is 9.82. The van der Waals surface area contributed by atoms with E-state index in [1.807, 2.05) is 22.6 Å². The number of hydrogen-bond acceptors (Lipinski definition) is 1. The van der Waals surface area contributed by atoms with Crippen molar-refractivity contribution in [1.29, 1.82) is 0 Å². The standard InChI is InChI=1S/C58H37N3O/c1-58(2)49-22-8-5-16-39(49)45-32-48-41-18-7-10-24-52(41)60(55(48)33-50(45)58)37-26-28-53-47(31-37)40-17-6-9-23-51(40)59(53)36-14-11-13-34(29-36)35-25-27-54-46(30-35)43-21-12-20-42-38-15-3-4-19-44(38)57(62)61(54)56(42)43/h3-33H,1-2H3. The first-order chi connectivity index (χ1) is 30.4. The van der Waals surface area contributed by atoms with Crippen LogP contribution >= 0.6 is 0 Å². The molecule has 0 saturated carbocycles. The van der Waals surface area contributed by atoms with Gasteiger partial charge >= 0.3 is 0 Å². The summed E-state index contributed by atoms with van der Waals surface area (Å²) in [5.41, 5.74) is 16.5. The summed E-state index contributed by atoms with van der Waals surface area (Å²) in [7, 11) is 0. The molecular formula is C58H37N3O. The molecule has 62 heavy (non-hydrogen) atoms. The van der Waals surface area contributed by atoms with Crippen molar-refractivity contribution < 1.29 is 0 Å². The summed E-state index contributed by atoms with van der Waals surface area (Å²) in [6, 6.07) is 68.2. The zero-order valence-corrected chi connectivity index (χ0v) is 34.1. The maximum Gasteiger partial charge on any atom is 0.263 e. The topological polar surface area (TPSA) is 31.3 Å². The first kappa shape index (κ1) is 33.8. The smallest absolute Gasteiger partial charge is 0.263 e. The van der Waals surface area contributed by atoms with Crippen LogP contribution in [0.5, 0.6) is 0 Å². The fraction of sp³-hybridized carbons (Fsp3) is 0.0517. The van der Waals surface area contributed by atoms with E-state index in [2.05, 4.69) is 193 Å². The van der Waals surface area contributed by atoms with Crippen molar-refractivity contribution in [3.8, 4) is 33.6 Å². The zero-order valence-electron chi connectivity index (χ0n) is 34.1. The van der Waals surface area contributed by atoms with Gasteiger partial charge in [0, 0.05) is 59.9 Å². The van der Waals surface area contributed by atoms with Gasteiger partial charge in [0.15, 0.2) is 0 Å². The highest BCUT2D eigenvalue weighted by Gasteiger charge is 2.36. The second kappa shape index (κ2) is 11.9. The number of rotatable bonds is 3. The number of para-hydroxylation sites is 3. The van der Waals surface area contributed by atoms with Crippen molar-refractivity contribution in [1.82, 2.24) is 13.5 Å². The molecule has 0 spiro atoms. The second-order valence-electron chi connectivity index (χ2n) is 17.7. The molecule has 9 aromatic carbocycles. The lowest BCUT2D eigenvalue weighted by molar-refractivity contribution is 0.661. The third kappa shape index (κ3) is 4.28. The van der Waals surface area contributed by atoms with Crippen molar-refractivity contribution in [2.75, 3.05) is 0 Å². The van der Waals surface area contributed by atoms with Crippen LogP contribution in [-0.4, -0.2) is 13.5 Å². The normalized spacial score (nSPS) is 13.5. The van der Waals surface area contributed by atoms with Gasteiger partial charge in [-0.1, -0.05) is 129 Å². The molecule has 1 aliphatic rings. The molecule has 290 valence electrons. The van der Waals surface area contributed by atoms with Gasteiger partial charge in [-0.2, -0.15) is 0 Å². The summed E-state index contributed by atoms with van der Waals surface area (Å²) in [6.07, 6.45) is 0. The first-order valence-electron chi connectivity index (χ1n) is 21.5. The Morgan fingerprint density at radius 2 is 0.919 bits per heavy atom. The van der Waals surface area contributed by atoms with Gasteiger partial charge in [0.1, 0.15) is 0 Å². The van der Waals surface area contributed by atoms with E-state index in [0.717, 1.165) is 66.0 Å². The molecule has 4 heterocycles. The molecular weight excluding hydrogens is 755 g/mol. The van der Waals surface area contributed by atoms with Crippen molar-refractivity contribution in [2.24, 2.45) is 0 Å². The molecule has 1 aliphatic carbocycles. The Labute approximate surface area is 356 Å². The Morgan fingerprint density at radius 1 is 0.355 bits per heavy atom. The minimum absolute atomic E-state index is 0.0279. The second-order valence-corrected chi connectivity index (χ2v) is 17.7. The molecule has 0 saturated heterocycles. The summed E-state index contributed by atoms with van der Waals surface area (Å²) < 4.78 is 6.80. The average Bonchev–Trinajstić information content (AvgIpc) is 4.01. The van der Waals surface area contributed by atoms with Crippen LogP contribution < -0.4 is 5.56 Å². The van der Waals surface area contributed by atoms with E-state index < -0.39 is 0 Å². The van der Waals surface area contributed by atoms with E-state index in [-0.39, 0.29) is 11.0 Å². The zero-order chi connectivity index (χ0) is 41.0. The minimum Gasteiger partial charge on any atom is -0.309 e. The van der Waals surface area contributed by atoms with Crippen LogP contribution in [0.4, 0.5) is 0 Å². The summed E-state index contributed by atoms with van der Waals surface area (Å²) >= 11 is 0. The average molecular weight is 792 g/mol. The molecule has 4 nitrogen and oxygen atoms in total. The Balaban J connectivity index is 0.945. The predicted molar refractivity (Wildman–Crippen MR) is 259 cm³/mol. The third-order valence-corrected chi connectivity index (χ3v) is 14.2. The van der Waals surface area contributed by atoms with Gasteiger partial charge in [-0.15, -0.1) is 0 Å². The number of aromatic nitrogens is 3. The highest BCUT2D eigenvalue weighted by atomic mass is 16.1. The Morgan fingerprint density at radius 3 is 1.73 bits per heavy atom. The molecule has 0 atom stereocenters. The largest absolute Gasteiger partial charge is 0.309 e. The van der Waals surface area contributed by atoms with Crippen molar-refractivity contribution in [2.45, 2.75) is 19.3 Å². The fourth-order valence-corrected chi connectivity index (χ4v) is 11.3. The van der Waals surface area contributed by atoms with Crippen LogP contribution in [0, 0.1) is 0 Å². The van der Waals surface area contributed by atoms with Crippen LogP contribution in [0.15, 0.2) is 193 Å². The Hall–Kier alpha value is -7.95. The molecule has 0 aliphatic heterocycles. The van der Waals surface area contributed by atoms with Gasteiger partial charge < -0.3 is 9.13 Å². The molecule has 0 fully saturated rings. The SMILES string of the molecule is CC1(C)c2ccccc2-c2cc3c4ccccc4n(-c4ccc5c(c4)c4ccccc4n5-c4cccc(-c5ccc6c(c5)c5cccc7c8ccccc8c(=O)n6c75)c4)c3cc21. The van der Waals surface area contributed by atoms with Crippen LogP contribution in [0.25, 0.3) is 115 Å². The van der Waals surface area contributed by atoms with Gasteiger partial charge in [-0.05, 0) is 112 Å². The monoisotopic (exact) mass is 791 g/mol. The summed E-state index contributed by atoms with van der Waals surface area (Å²) in [4.78, 5) is 14.0. The quantitative estimate of drug-likeness (QED) is 0.164. The number of nitrogens with zero attached hydrogens (tertiary/aromatic N) is 3. The predicted octanol–water partition coefficient (Wildman–Crippen LogP) is 14.4. The summed E-state index contributed by atoms with van der Waals surface area (Å²) in [6.45, 7) is 4.72. The van der Waals surface area contributed by atoms with Gasteiger partial charge in [-0.3, -0.25) is 9.20 Å². The van der Waals surface area contributed by atoms with Crippen molar-refractivity contribution in [3.05, 3.63) is 210 Å². The molecule has 13 aromatic rings. The molecule has 4 heteroatoms. The van der Waals surface area contributed by atoms with E-state index in [1.54, 1.807) is 0 Å². The van der Waals surface area contributed by atoms with E-state index in [1.165, 1.54) is 60.3 Å². The number of benzene rings is 9. The van der Waals surface area contributed by atoms with Crippen LogP contribution in [0.2, 0.25) is 0 Å². The van der Waals surface area contributed by atoms with Gasteiger partial charge in [0.25, 0.3) is 5.56 Å². The van der Waals surface area contributed by atoms with E-state index in [4.69, 9.17) is 0 Å². The number of pyridine rings is 1. The minimum atomic E-state index is -0.0966. The highest BCUT2D eigenvalue weighted by Crippen LogP contribution is 2.51. The van der Waals surface area contributed by atoms with Crippen LogP contribution in [0.3, 0.4) is 0 Å².